The molecule has 23 heavy (non-hydrogen) atoms. The van der Waals surface area contributed by atoms with Crippen molar-refractivity contribution in [1.29, 1.82) is 0 Å². The zero-order valence-electron chi connectivity index (χ0n) is 12.9. The SMILES string of the molecule is CCC(OC(=O)c1ccnc(Cl)c1)C(=O)Nc1ccccc1C. The zero-order chi connectivity index (χ0) is 16.8. The van der Waals surface area contributed by atoms with E-state index in [1.54, 1.807) is 13.0 Å². The smallest absolute Gasteiger partial charge is 0.339 e. The fourth-order valence-corrected chi connectivity index (χ4v) is 2.15. The molecule has 1 heterocycles. The Hall–Kier alpha value is -2.40. The van der Waals surface area contributed by atoms with Crippen molar-refractivity contribution in [2.75, 3.05) is 5.32 Å². The summed E-state index contributed by atoms with van der Waals surface area (Å²) >= 11 is 5.75. The van der Waals surface area contributed by atoms with Crippen LogP contribution < -0.4 is 5.32 Å². The van der Waals surface area contributed by atoms with Crippen LogP contribution in [0.2, 0.25) is 5.15 Å². The first-order valence-corrected chi connectivity index (χ1v) is 7.58. The molecule has 1 atom stereocenters. The highest BCUT2D eigenvalue weighted by Gasteiger charge is 2.22. The molecule has 2 aromatic rings. The van der Waals surface area contributed by atoms with Gasteiger partial charge in [-0.3, -0.25) is 4.79 Å². The maximum absolute atomic E-state index is 12.3. The van der Waals surface area contributed by atoms with Crippen molar-refractivity contribution < 1.29 is 14.3 Å². The maximum atomic E-state index is 12.3. The minimum Gasteiger partial charge on any atom is -0.449 e. The highest BCUT2D eigenvalue weighted by Crippen LogP contribution is 2.16. The number of carbonyl (C=O) groups is 2. The first-order valence-electron chi connectivity index (χ1n) is 7.20. The molecule has 0 spiro atoms. The summed E-state index contributed by atoms with van der Waals surface area (Å²) in [6.07, 6.45) is 0.893. The van der Waals surface area contributed by atoms with E-state index in [-0.39, 0.29) is 16.6 Å². The number of ether oxygens (including phenoxy) is 1. The lowest BCUT2D eigenvalue weighted by Gasteiger charge is -2.17. The molecule has 1 N–H and O–H groups in total. The van der Waals surface area contributed by atoms with Crippen LogP contribution in [-0.2, 0) is 9.53 Å². The van der Waals surface area contributed by atoms with E-state index in [9.17, 15) is 9.59 Å². The molecule has 1 aromatic heterocycles. The van der Waals surface area contributed by atoms with E-state index in [2.05, 4.69) is 10.3 Å². The van der Waals surface area contributed by atoms with Gasteiger partial charge in [0, 0.05) is 11.9 Å². The van der Waals surface area contributed by atoms with Crippen LogP contribution in [0.25, 0.3) is 0 Å². The first-order chi connectivity index (χ1) is 11.0. The topological polar surface area (TPSA) is 68.3 Å². The van der Waals surface area contributed by atoms with Gasteiger partial charge >= 0.3 is 5.97 Å². The van der Waals surface area contributed by atoms with Gasteiger partial charge in [-0.25, -0.2) is 9.78 Å². The van der Waals surface area contributed by atoms with E-state index in [0.717, 1.165) is 5.56 Å². The summed E-state index contributed by atoms with van der Waals surface area (Å²) in [7, 11) is 0. The van der Waals surface area contributed by atoms with Crippen LogP contribution in [0.4, 0.5) is 5.69 Å². The number of anilines is 1. The number of aryl methyl sites for hydroxylation is 1. The molecule has 1 amide bonds. The van der Waals surface area contributed by atoms with E-state index >= 15 is 0 Å². The summed E-state index contributed by atoms with van der Waals surface area (Å²) in [5.41, 5.74) is 1.88. The van der Waals surface area contributed by atoms with Crippen LogP contribution in [0.3, 0.4) is 0 Å². The lowest BCUT2D eigenvalue weighted by molar-refractivity contribution is -0.124. The first kappa shape index (κ1) is 17.0. The number of rotatable bonds is 5. The molecule has 2 rings (SSSR count). The fourth-order valence-electron chi connectivity index (χ4n) is 1.98. The van der Waals surface area contributed by atoms with Gasteiger partial charge in [-0.15, -0.1) is 0 Å². The average molecular weight is 333 g/mol. The maximum Gasteiger partial charge on any atom is 0.339 e. The number of hydrogen-bond donors (Lipinski definition) is 1. The Balaban J connectivity index is 2.06. The molecule has 0 radical (unpaired) electrons. The van der Waals surface area contributed by atoms with Crippen LogP contribution in [-0.4, -0.2) is 23.0 Å². The second kappa shape index (κ2) is 7.74. The third kappa shape index (κ3) is 4.53. The third-order valence-corrected chi connectivity index (χ3v) is 3.48. The number of para-hydroxylation sites is 1. The summed E-state index contributed by atoms with van der Waals surface area (Å²) in [6, 6.07) is 10.3. The van der Waals surface area contributed by atoms with Gasteiger partial charge in [-0.1, -0.05) is 36.7 Å². The van der Waals surface area contributed by atoms with Gasteiger partial charge in [-0.05, 0) is 37.1 Å². The largest absolute Gasteiger partial charge is 0.449 e. The number of carbonyl (C=O) groups excluding carboxylic acids is 2. The number of benzene rings is 1. The van der Waals surface area contributed by atoms with Crippen LogP contribution in [0.15, 0.2) is 42.6 Å². The Morgan fingerprint density at radius 2 is 2.04 bits per heavy atom. The fraction of sp³-hybridized carbons (Fsp3) is 0.235. The van der Waals surface area contributed by atoms with Gasteiger partial charge in [0.25, 0.3) is 5.91 Å². The Kier molecular flexibility index (Phi) is 5.71. The lowest BCUT2D eigenvalue weighted by atomic mass is 10.2. The number of pyridine rings is 1. The van der Waals surface area contributed by atoms with Crippen molar-refractivity contribution in [2.24, 2.45) is 0 Å². The van der Waals surface area contributed by atoms with Crippen molar-refractivity contribution in [2.45, 2.75) is 26.4 Å². The predicted molar refractivity (Wildman–Crippen MR) is 88.6 cm³/mol. The summed E-state index contributed by atoms with van der Waals surface area (Å²) in [6.45, 7) is 3.66. The minimum absolute atomic E-state index is 0.192. The van der Waals surface area contributed by atoms with Crippen molar-refractivity contribution in [3.63, 3.8) is 0 Å². The Morgan fingerprint density at radius 3 is 2.70 bits per heavy atom. The van der Waals surface area contributed by atoms with Crippen LogP contribution in [0, 0.1) is 6.92 Å². The van der Waals surface area contributed by atoms with E-state index < -0.39 is 12.1 Å². The molecule has 120 valence electrons. The molecule has 0 aliphatic carbocycles. The number of aromatic nitrogens is 1. The Labute approximate surface area is 139 Å². The number of esters is 1. The van der Waals surface area contributed by atoms with E-state index in [4.69, 9.17) is 16.3 Å². The predicted octanol–water partition coefficient (Wildman–Crippen LogP) is 3.62. The molecule has 5 nitrogen and oxygen atoms in total. The number of nitrogens with zero attached hydrogens (tertiary/aromatic N) is 1. The molecule has 0 aliphatic rings. The molecular formula is C17H17ClN2O3. The lowest BCUT2D eigenvalue weighted by Crippen LogP contribution is -2.32. The quantitative estimate of drug-likeness (QED) is 0.670. The monoisotopic (exact) mass is 332 g/mol. The molecule has 0 saturated carbocycles. The van der Waals surface area contributed by atoms with Crippen LogP contribution in [0.5, 0.6) is 0 Å². The van der Waals surface area contributed by atoms with Crippen molar-refractivity contribution in [3.8, 4) is 0 Å². The summed E-state index contributed by atoms with van der Waals surface area (Å²) in [5, 5.41) is 2.97. The van der Waals surface area contributed by atoms with Crippen molar-refractivity contribution in [3.05, 3.63) is 58.9 Å². The molecule has 0 fully saturated rings. The molecule has 0 aliphatic heterocycles. The average Bonchev–Trinajstić information content (AvgIpc) is 2.54. The standard InChI is InChI=1S/C17H17ClN2O3/c1-3-14(16(21)20-13-7-5-4-6-11(13)2)23-17(22)12-8-9-19-15(18)10-12/h4-10,14H,3H2,1-2H3,(H,20,21). The number of halogens is 1. The second-order valence-corrected chi connectivity index (χ2v) is 5.36. The van der Waals surface area contributed by atoms with Crippen LogP contribution in [0.1, 0.15) is 29.3 Å². The molecule has 6 heteroatoms. The van der Waals surface area contributed by atoms with E-state index in [1.165, 1.54) is 18.3 Å². The number of nitrogens with one attached hydrogen (secondary N) is 1. The molecule has 1 aromatic carbocycles. The van der Waals surface area contributed by atoms with Gasteiger partial charge in [0.05, 0.1) is 5.56 Å². The Morgan fingerprint density at radius 1 is 1.30 bits per heavy atom. The number of hydrogen-bond acceptors (Lipinski definition) is 4. The molecule has 1 unspecified atom stereocenters. The molecule has 0 saturated heterocycles. The summed E-state index contributed by atoms with van der Waals surface area (Å²) in [5.74, 6) is -0.976. The second-order valence-electron chi connectivity index (χ2n) is 4.97. The highest BCUT2D eigenvalue weighted by molar-refractivity contribution is 6.29. The van der Waals surface area contributed by atoms with Crippen LogP contribution >= 0.6 is 11.6 Å². The number of amides is 1. The molecule has 0 bridgehead atoms. The van der Waals surface area contributed by atoms with Gasteiger partial charge in [-0.2, -0.15) is 0 Å². The third-order valence-electron chi connectivity index (χ3n) is 3.28. The highest BCUT2D eigenvalue weighted by atomic mass is 35.5. The van der Waals surface area contributed by atoms with Gasteiger partial charge < -0.3 is 10.1 Å². The summed E-state index contributed by atoms with van der Waals surface area (Å²) in [4.78, 5) is 28.2. The van der Waals surface area contributed by atoms with Gasteiger partial charge in [0.2, 0.25) is 0 Å². The van der Waals surface area contributed by atoms with Gasteiger partial charge in [0.15, 0.2) is 6.10 Å². The van der Waals surface area contributed by atoms with E-state index in [1.807, 2.05) is 25.1 Å². The Bertz CT molecular complexity index is 718. The van der Waals surface area contributed by atoms with E-state index in [0.29, 0.717) is 12.1 Å². The normalized spacial score (nSPS) is 11.6. The molecular weight excluding hydrogens is 316 g/mol. The zero-order valence-corrected chi connectivity index (χ0v) is 13.6. The van der Waals surface area contributed by atoms with Crippen molar-refractivity contribution >= 4 is 29.2 Å². The summed E-state index contributed by atoms with van der Waals surface area (Å²) < 4.78 is 5.28. The van der Waals surface area contributed by atoms with Crippen molar-refractivity contribution in [1.82, 2.24) is 4.98 Å². The minimum atomic E-state index is -0.881. The van der Waals surface area contributed by atoms with Gasteiger partial charge in [0.1, 0.15) is 5.15 Å².